The van der Waals surface area contributed by atoms with Crippen LogP contribution >= 0.6 is 0 Å². The van der Waals surface area contributed by atoms with Gasteiger partial charge >= 0.3 is 0 Å². The number of carbonyl (C=O) groups excluding carboxylic acids is 1. The van der Waals surface area contributed by atoms with E-state index in [1.165, 1.54) is 0 Å². The van der Waals surface area contributed by atoms with Gasteiger partial charge in [0.15, 0.2) is 0 Å². The molecule has 1 aliphatic heterocycles. The maximum absolute atomic E-state index is 11.9. The number of likely N-dealkylation sites (tertiary alicyclic amines) is 1. The molecule has 1 aliphatic rings. The highest BCUT2D eigenvalue weighted by molar-refractivity contribution is 5.96. The van der Waals surface area contributed by atoms with Gasteiger partial charge in [0, 0.05) is 13.1 Å². The third-order valence-corrected chi connectivity index (χ3v) is 2.66. The first-order valence-electron chi connectivity index (χ1n) is 5.06. The number of aromatic nitrogens is 2. The van der Waals surface area contributed by atoms with Crippen LogP contribution in [0.5, 0.6) is 0 Å². The van der Waals surface area contributed by atoms with Gasteiger partial charge in [0.25, 0.3) is 5.91 Å². The summed E-state index contributed by atoms with van der Waals surface area (Å²) in [4.78, 5) is 13.7. The van der Waals surface area contributed by atoms with E-state index in [2.05, 4.69) is 21.9 Å². The van der Waals surface area contributed by atoms with E-state index in [4.69, 9.17) is 5.73 Å². The normalized spacial score (nSPS) is 21.7. The molecule has 6 heteroatoms. The van der Waals surface area contributed by atoms with Gasteiger partial charge in [-0.05, 0) is 29.1 Å². The third-order valence-electron chi connectivity index (χ3n) is 2.66. The smallest absolute Gasteiger partial charge is 0.280 e. The molecule has 1 saturated heterocycles. The highest BCUT2D eigenvalue weighted by Crippen LogP contribution is 2.18. The summed E-state index contributed by atoms with van der Waals surface area (Å²) in [6, 6.07) is 0. The molecule has 2 rings (SSSR count). The number of nitrogens with zero attached hydrogens (tertiary/aromatic N) is 3. The summed E-state index contributed by atoms with van der Waals surface area (Å²) in [6.45, 7) is 3.64. The van der Waals surface area contributed by atoms with Gasteiger partial charge in [-0.1, -0.05) is 6.92 Å². The molecule has 82 valence electrons. The SMILES string of the molecule is CC1CCCN(C(=O)c2nonc2N)C1. The number of hydrogen-bond donors (Lipinski definition) is 1. The van der Waals surface area contributed by atoms with E-state index in [1.807, 2.05) is 0 Å². The van der Waals surface area contributed by atoms with Gasteiger partial charge in [-0.25, -0.2) is 4.63 Å². The Kier molecular flexibility index (Phi) is 2.57. The van der Waals surface area contributed by atoms with E-state index < -0.39 is 0 Å². The van der Waals surface area contributed by atoms with Crippen molar-refractivity contribution in [3.05, 3.63) is 5.69 Å². The Bertz CT molecular complexity index is 363. The van der Waals surface area contributed by atoms with Crippen molar-refractivity contribution in [2.45, 2.75) is 19.8 Å². The second kappa shape index (κ2) is 3.88. The molecule has 0 aromatic carbocycles. The van der Waals surface area contributed by atoms with Crippen LogP contribution in [0.2, 0.25) is 0 Å². The average Bonchev–Trinajstić information content (AvgIpc) is 2.63. The van der Waals surface area contributed by atoms with E-state index >= 15 is 0 Å². The molecule has 15 heavy (non-hydrogen) atoms. The minimum atomic E-state index is -0.180. The number of rotatable bonds is 1. The first-order valence-corrected chi connectivity index (χ1v) is 5.06. The number of piperidine rings is 1. The van der Waals surface area contributed by atoms with Gasteiger partial charge in [0.1, 0.15) is 0 Å². The Morgan fingerprint density at radius 1 is 1.60 bits per heavy atom. The zero-order chi connectivity index (χ0) is 10.8. The minimum absolute atomic E-state index is 0.0678. The number of carbonyl (C=O) groups is 1. The van der Waals surface area contributed by atoms with E-state index in [-0.39, 0.29) is 17.4 Å². The van der Waals surface area contributed by atoms with Gasteiger partial charge in [0.05, 0.1) is 0 Å². The van der Waals surface area contributed by atoms with Crippen LogP contribution in [-0.4, -0.2) is 34.2 Å². The van der Waals surface area contributed by atoms with E-state index in [0.717, 1.165) is 25.9 Å². The summed E-state index contributed by atoms with van der Waals surface area (Å²) >= 11 is 0. The lowest BCUT2D eigenvalue weighted by atomic mass is 10.00. The Balaban J connectivity index is 2.11. The molecule has 0 spiro atoms. The quantitative estimate of drug-likeness (QED) is 0.730. The van der Waals surface area contributed by atoms with Gasteiger partial charge in [-0.2, -0.15) is 0 Å². The monoisotopic (exact) mass is 210 g/mol. The average molecular weight is 210 g/mol. The summed E-state index contributed by atoms with van der Waals surface area (Å²) in [5.74, 6) is 0.419. The molecule has 1 unspecified atom stereocenters. The van der Waals surface area contributed by atoms with Crippen LogP contribution in [0.25, 0.3) is 0 Å². The summed E-state index contributed by atoms with van der Waals surface area (Å²) < 4.78 is 4.41. The van der Waals surface area contributed by atoms with E-state index in [1.54, 1.807) is 4.90 Å². The lowest BCUT2D eigenvalue weighted by Gasteiger charge is -2.30. The van der Waals surface area contributed by atoms with Gasteiger partial charge < -0.3 is 10.6 Å². The molecule has 2 heterocycles. The van der Waals surface area contributed by atoms with Crippen molar-refractivity contribution in [3.8, 4) is 0 Å². The van der Waals surface area contributed by atoms with E-state index in [9.17, 15) is 4.79 Å². The maximum atomic E-state index is 11.9. The molecule has 1 amide bonds. The second-order valence-corrected chi connectivity index (χ2v) is 4.00. The summed E-state index contributed by atoms with van der Waals surface area (Å²) in [5, 5.41) is 6.91. The Morgan fingerprint density at radius 2 is 2.40 bits per heavy atom. The minimum Gasteiger partial charge on any atom is -0.379 e. The molecule has 0 bridgehead atoms. The van der Waals surface area contributed by atoms with Crippen molar-refractivity contribution in [2.24, 2.45) is 5.92 Å². The highest BCUT2D eigenvalue weighted by atomic mass is 16.6. The van der Waals surface area contributed by atoms with Gasteiger partial charge in [-0.3, -0.25) is 4.79 Å². The molecule has 1 atom stereocenters. The highest BCUT2D eigenvalue weighted by Gasteiger charge is 2.26. The fourth-order valence-electron chi connectivity index (χ4n) is 1.87. The second-order valence-electron chi connectivity index (χ2n) is 4.00. The molecular weight excluding hydrogens is 196 g/mol. The van der Waals surface area contributed by atoms with Gasteiger partial charge in [0.2, 0.25) is 11.5 Å². The fourth-order valence-corrected chi connectivity index (χ4v) is 1.87. The lowest BCUT2D eigenvalue weighted by molar-refractivity contribution is 0.0672. The van der Waals surface area contributed by atoms with Crippen molar-refractivity contribution in [1.29, 1.82) is 0 Å². The topological polar surface area (TPSA) is 85.2 Å². The van der Waals surface area contributed by atoms with E-state index in [0.29, 0.717) is 5.92 Å². The summed E-state index contributed by atoms with van der Waals surface area (Å²) in [6.07, 6.45) is 2.19. The molecule has 2 N–H and O–H groups in total. The van der Waals surface area contributed by atoms with Crippen LogP contribution in [0, 0.1) is 5.92 Å². The van der Waals surface area contributed by atoms with Crippen molar-refractivity contribution < 1.29 is 9.42 Å². The third kappa shape index (κ3) is 1.93. The largest absolute Gasteiger partial charge is 0.379 e. The number of anilines is 1. The number of hydrogen-bond acceptors (Lipinski definition) is 5. The fraction of sp³-hybridized carbons (Fsp3) is 0.667. The first kappa shape index (κ1) is 9.95. The number of nitrogens with two attached hydrogens (primary N) is 1. The van der Waals surface area contributed by atoms with Crippen molar-refractivity contribution in [1.82, 2.24) is 15.2 Å². The van der Waals surface area contributed by atoms with Crippen molar-refractivity contribution in [2.75, 3.05) is 18.8 Å². The molecule has 0 saturated carbocycles. The zero-order valence-electron chi connectivity index (χ0n) is 8.64. The van der Waals surface area contributed by atoms with Crippen LogP contribution < -0.4 is 5.73 Å². The number of amides is 1. The molecule has 1 aromatic rings. The van der Waals surface area contributed by atoms with Crippen LogP contribution in [0.1, 0.15) is 30.3 Å². The lowest BCUT2D eigenvalue weighted by Crippen LogP contribution is -2.39. The Hall–Kier alpha value is -1.59. The predicted octanol–water partition coefficient (Wildman–Crippen LogP) is 0.524. The molecule has 0 aliphatic carbocycles. The molecule has 6 nitrogen and oxygen atoms in total. The zero-order valence-corrected chi connectivity index (χ0v) is 8.64. The predicted molar refractivity (Wildman–Crippen MR) is 53.0 cm³/mol. The van der Waals surface area contributed by atoms with Crippen LogP contribution in [0.4, 0.5) is 5.82 Å². The van der Waals surface area contributed by atoms with Crippen LogP contribution in [-0.2, 0) is 0 Å². The maximum Gasteiger partial charge on any atom is 0.280 e. The van der Waals surface area contributed by atoms with Crippen LogP contribution in [0.3, 0.4) is 0 Å². The number of nitrogen functional groups attached to an aromatic ring is 1. The molecule has 0 radical (unpaired) electrons. The van der Waals surface area contributed by atoms with Gasteiger partial charge in [-0.15, -0.1) is 0 Å². The Labute approximate surface area is 87.4 Å². The molecular formula is C9H14N4O2. The summed E-state index contributed by atoms with van der Waals surface area (Å²) in [5.41, 5.74) is 5.60. The van der Waals surface area contributed by atoms with Crippen molar-refractivity contribution in [3.63, 3.8) is 0 Å². The standard InChI is InChI=1S/C9H14N4O2/c1-6-3-2-4-13(5-6)9(14)7-8(10)12-15-11-7/h6H,2-5H2,1H3,(H2,10,12). The van der Waals surface area contributed by atoms with Crippen molar-refractivity contribution >= 4 is 11.7 Å². The van der Waals surface area contributed by atoms with Crippen LogP contribution in [0.15, 0.2) is 4.63 Å². The molecule has 1 fully saturated rings. The first-order chi connectivity index (χ1) is 7.18. The summed E-state index contributed by atoms with van der Waals surface area (Å²) in [7, 11) is 0. The Morgan fingerprint density at radius 3 is 3.00 bits per heavy atom. The molecule has 1 aromatic heterocycles.